The van der Waals surface area contributed by atoms with Crippen molar-refractivity contribution in [2.75, 3.05) is 12.3 Å². The van der Waals surface area contributed by atoms with Crippen molar-refractivity contribution in [2.24, 2.45) is 5.92 Å². The van der Waals surface area contributed by atoms with Crippen LogP contribution in [0.15, 0.2) is 30.3 Å². The van der Waals surface area contributed by atoms with E-state index in [4.69, 9.17) is 10.5 Å². The molecule has 2 rings (SSSR count). The average Bonchev–Trinajstić information content (AvgIpc) is 2.73. The van der Waals surface area contributed by atoms with Crippen LogP contribution in [0.1, 0.15) is 19.4 Å². The van der Waals surface area contributed by atoms with E-state index in [-0.39, 0.29) is 12.5 Å². The van der Waals surface area contributed by atoms with Crippen molar-refractivity contribution < 1.29 is 9.84 Å². The fourth-order valence-electron chi connectivity index (χ4n) is 1.75. The Morgan fingerprint density at radius 1 is 1.30 bits per heavy atom. The molecular weight excluding hydrogens is 254 g/mol. The summed E-state index contributed by atoms with van der Waals surface area (Å²) in [6.45, 7) is 5.96. The summed E-state index contributed by atoms with van der Waals surface area (Å²) < 4.78 is 7.23. The van der Waals surface area contributed by atoms with Crippen LogP contribution in [0.4, 0.5) is 5.82 Å². The lowest BCUT2D eigenvalue weighted by atomic mass is 10.1. The van der Waals surface area contributed by atoms with Gasteiger partial charge < -0.3 is 15.6 Å². The summed E-state index contributed by atoms with van der Waals surface area (Å²) >= 11 is 0. The summed E-state index contributed by atoms with van der Waals surface area (Å²) in [4.78, 5) is 0. The third-order valence-corrected chi connectivity index (χ3v) is 3.29. The van der Waals surface area contributed by atoms with Crippen LogP contribution in [0.3, 0.4) is 0 Å². The van der Waals surface area contributed by atoms with E-state index in [1.165, 1.54) is 0 Å². The average molecular weight is 275 g/mol. The van der Waals surface area contributed by atoms with Crippen LogP contribution in [0.2, 0.25) is 0 Å². The number of benzene rings is 1. The Kier molecular flexibility index (Phi) is 4.29. The van der Waals surface area contributed by atoms with E-state index in [1.54, 1.807) is 4.68 Å². The van der Waals surface area contributed by atoms with Gasteiger partial charge in [-0.2, -0.15) is 0 Å². The summed E-state index contributed by atoms with van der Waals surface area (Å²) in [5, 5.41) is 14.2. The molecule has 3 N–H and O–H groups in total. The topological polar surface area (TPSA) is 73.3 Å². The summed E-state index contributed by atoms with van der Waals surface area (Å²) in [7, 11) is 0. The molecule has 0 spiro atoms. The zero-order valence-electron chi connectivity index (χ0n) is 12.1. The number of hydrogen-bond donors (Lipinski definition) is 2. The molecular formula is C15H21N3O2. The molecule has 0 aliphatic heterocycles. The van der Waals surface area contributed by atoms with Gasteiger partial charge in [-0.25, -0.2) is 4.68 Å². The van der Waals surface area contributed by atoms with Crippen LogP contribution in [0.25, 0.3) is 5.69 Å². The van der Waals surface area contributed by atoms with Gasteiger partial charge in [0.1, 0.15) is 12.4 Å². The van der Waals surface area contributed by atoms with E-state index in [9.17, 15) is 5.11 Å². The minimum Gasteiger partial charge on any atom is -0.474 e. The highest BCUT2D eigenvalue weighted by atomic mass is 16.5. The number of ether oxygens (including phenoxy) is 1. The van der Waals surface area contributed by atoms with Crippen molar-refractivity contribution in [3.8, 4) is 11.6 Å². The maximum atomic E-state index is 9.78. The molecule has 5 nitrogen and oxygen atoms in total. The maximum absolute atomic E-state index is 9.78. The lowest BCUT2D eigenvalue weighted by Crippen LogP contribution is -2.23. The molecule has 0 fully saturated rings. The predicted molar refractivity (Wildman–Crippen MR) is 79.1 cm³/mol. The molecule has 5 heteroatoms. The monoisotopic (exact) mass is 275 g/mol. The van der Waals surface area contributed by atoms with Crippen LogP contribution in [-0.4, -0.2) is 27.6 Å². The van der Waals surface area contributed by atoms with Gasteiger partial charge in [0.15, 0.2) is 0 Å². The number of aliphatic hydroxyl groups excluding tert-OH is 1. The first-order chi connectivity index (χ1) is 9.50. The molecule has 20 heavy (non-hydrogen) atoms. The predicted octanol–water partition coefficient (Wildman–Crippen LogP) is 2.16. The highest BCUT2D eigenvalue weighted by Gasteiger charge is 2.16. The second-order valence-corrected chi connectivity index (χ2v) is 5.19. The molecule has 1 atom stereocenters. The molecule has 2 aromatic rings. The van der Waals surface area contributed by atoms with Gasteiger partial charge in [-0.05, 0) is 25.0 Å². The van der Waals surface area contributed by atoms with Crippen molar-refractivity contribution in [1.82, 2.24) is 9.78 Å². The molecule has 0 bridgehead atoms. The maximum Gasteiger partial charge on any atom is 0.238 e. The van der Waals surface area contributed by atoms with Crippen LogP contribution in [0.5, 0.6) is 5.88 Å². The molecule has 0 radical (unpaired) electrons. The van der Waals surface area contributed by atoms with Gasteiger partial charge in [0.2, 0.25) is 5.88 Å². The minimum absolute atomic E-state index is 0.142. The van der Waals surface area contributed by atoms with Gasteiger partial charge >= 0.3 is 0 Å². The summed E-state index contributed by atoms with van der Waals surface area (Å²) in [5.41, 5.74) is 7.72. The number of hydrogen-bond acceptors (Lipinski definition) is 4. The number of para-hydroxylation sites is 1. The second kappa shape index (κ2) is 5.96. The lowest BCUT2D eigenvalue weighted by molar-refractivity contribution is 0.0677. The van der Waals surface area contributed by atoms with Crippen molar-refractivity contribution >= 4 is 5.82 Å². The number of nitrogen functional groups attached to an aromatic ring is 1. The zero-order chi connectivity index (χ0) is 14.7. The van der Waals surface area contributed by atoms with Gasteiger partial charge in [0, 0.05) is 0 Å². The van der Waals surface area contributed by atoms with E-state index in [1.807, 2.05) is 51.1 Å². The zero-order valence-corrected chi connectivity index (χ0v) is 12.1. The number of nitrogens with two attached hydrogens (primary N) is 1. The SMILES string of the molecule is Cc1c(OCC(O)C(C)C)nn(-c2ccccc2)c1N. The Balaban J connectivity index is 2.20. The highest BCUT2D eigenvalue weighted by Crippen LogP contribution is 2.25. The van der Waals surface area contributed by atoms with Crippen LogP contribution >= 0.6 is 0 Å². The quantitative estimate of drug-likeness (QED) is 0.877. The van der Waals surface area contributed by atoms with E-state index >= 15 is 0 Å². The molecule has 0 saturated carbocycles. The summed E-state index contributed by atoms with van der Waals surface area (Å²) in [6, 6.07) is 9.64. The van der Waals surface area contributed by atoms with Gasteiger partial charge in [0.25, 0.3) is 0 Å². The second-order valence-electron chi connectivity index (χ2n) is 5.19. The van der Waals surface area contributed by atoms with Crippen molar-refractivity contribution in [1.29, 1.82) is 0 Å². The fraction of sp³-hybridized carbons (Fsp3) is 0.400. The first kappa shape index (κ1) is 14.4. The molecule has 1 aromatic heterocycles. The van der Waals surface area contributed by atoms with Crippen LogP contribution in [-0.2, 0) is 0 Å². The number of aliphatic hydroxyl groups is 1. The Morgan fingerprint density at radius 2 is 1.95 bits per heavy atom. The largest absolute Gasteiger partial charge is 0.474 e. The summed E-state index contributed by atoms with van der Waals surface area (Å²) in [5.74, 6) is 1.15. The lowest BCUT2D eigenvalue weighted by Gasteiger charge is -2.14. The third-order valence-electron chi connectivity index (χ3n) is 3.29. The molecule has 1 heterocycles. The van der Waals surface area contributed by atoms with Gasteiger partial charge in [-0.15, -0.1) is 5.10 Å². The normalized spacial score (nSPS) is 12.7. The van der Waals surface area contributed by atoms with E-state index in [0.717, 1.165) is 11.3 Å². The number of nitrogens with zero attached hydrogens (tertiary/aromatic N) is 2. The number of rotatable bonds is 5. The Hall–Kier alpha value is -2.01. The van der Waals surface area contributed by atoms with Crippen molar-refractivity contribution in [2.45, 2.75) is 26.9 Å². The van der Waals surface area contributed by atoms with Gasteiger partial charge in [0.05, 0.1) is 17.4 Å². The standard InChI is InChI=1S/C15H21N3O2/c1-10(2)13(19)9-20-15-11(3)14(16)18(17-15)12-7-5-4-6-8-12/h4-8,10,13,19H,9,16H2,1-3H3. The fourth-order valence-corrected chi connectivity index (χ4v) is 1.75. The molecule has 0 amide bonds. The van der Waals surface area contributed by atoms with Crippen molar-refractivity contribution in [3.05, 3.63) is 35.9 Å². The third kappa shape index (κ3) is 2.93. The van der Waals surface area contributed by atoms with Crippen LogP contribution in [0, 0.1) is 12.8 Å². The molecule has 108 valence electrons. The number of aromatic nitrogens is 2. The molecule has 0 aliphatic carbocycles. The molecule has 0 saturated heterocycles. The minimum atomic E-state index is -0.516. The Morgan fingerprint density at radius 3 is 2.55 bits per heavy atom. The molecule has 1 aromatic carbocycles. The summed E-state index contributed by atoms with van der Waals surface area (Å²) in [6.07, 6.45) is -0.516. The first-order valence-corrected chi connectivity index (χ1v) is 6.72. The van der Waals surface area contributed by atoms with E-state index < -0.39 is 6.10 Å². The first-order valence-electron chi connectivity index (χ1n) is 6.72. The molecule has 0 aliphatic rings. The van der Waals surface area contributed by atoms with Crippen LogP contribution < -0.4 is 10.5 Å². The smallest absolute Gasteiger partial charge is 0.238 e. The Labute approximate surface area is 119 Å². The highest BCUT2D eigenvalue weighted by molar-refractivity contribution is 5.51. The van der Waals surface area contributed by atoms with Gasteiger partial charge in [-0.1, -0.05) is 32.0 Å². The Bertz CT molecular complexity index is 564. The van der Waals surface area contributed by atoms with Gasteiger partial charge in [-0.3, -0.25) is 0 Å². The molecule has 1 unspecified atom stereocenters. The van der Waals surface area contributed by atoms with E-state index in [0.29, 0.717) is 11.7 Å². The van der Waals surface area contributed by atoms with E-state index in [2.05, 4.69) is 5.10 Å². The number of anilines is 1. The van der Waals surface area contributed by atoms with Crippen molar-refractivity contribution in [3.63, 3.8) is 0 Å².